The van der Waals surface area contributed by atoms with E-state index in [0.717, 1.165) is 17.7 Å². The van der Waals surface area contributed by atoms with E-state index < -0.39 is 18.0 Å². The minimum absolute atomic E-state index is 0.0837. The van der Waals surface area contributed by atoms with Crippen LogP contribution in [0.5, 0.6) is 5.75 Å². The van der Waals surface area contributed by atoms with Gasteiger partial charge < -0.3 is 14.4 Å². The molecule has 0 aromatic heterocycles. The number of esters is 1. The van der Waals surface area contributed by atoms with Crippen molar-refractivity contribution in [2.75, 3.05) is 18.6 Å². The van der Waals surface area contributed by atoms with E-state index in [9.17, 15) is 14.4 Å². The molecule has 2 atom stereocenters. The molecule has 152 valence electrons. The fourth-order valence-electron chi connectivity index (χ4n) is 3.49. The molecule has 1 fully saturated rings. The van der Waals surface area contributed by atoms with Gasteiger partial charge in [0.1, 0.15) is 5.75 Å². The fourth-order valence-corrected chi connectivity index (χ4v) is 3.49. The number of carbonyl (C=O) groups is 3. The molecule has 2 aromatic carbocycles. The number of amides is 1. The topological polar surface area (TPSA) is 72.9 Å². The molecule has 6 heteroatoms. The molecule has 0 N–H and O–H groups in total. The van der Waals surface area contributed by atoms with Crippen LogP contribution in [0, 0.1) is 5.92 Å². The lowest BCUT2D eigenvalue weighted by Gasteiger charge is -2.20. The van der Waals surface area contributed by atoms with Gasteiger partial charge >= 0.3 is 5.97 Å². The van der Waals surface area contributed by atoms with Crippen LogP contribution in [0.2, 0.25) is 0 Å². The lowest BCUT2D eigenvalue weighted by Crippen LogP contribution is -2.30. The quantitative estimate of drug-likeness (QED) is 0.531. The van der Waals surface area contributed by atoms with Crippen molar-refractivity contribution in [2.45, 2.75) is 32.8 Å². The zero-order valence-electron chi connectivity index (χ0n) is 16.9. The minimum atomic E-state index is -0.928. The van der Waals surface area contributed by atoms with Gasteiger partial charge in [0.15, 0.2) is 6.10 Å². The monoisotopic (exact) mass is 395 g/mol. The van der Waals surface area contributed by atoms with E-state index >= 15 is 0 Å². The number of aryl methyl sites for hydroxylation is 1. The van der Waals surface area contributed by atoms with Gasteiger partial charge in [-0.25, -0.2) is 0 Å². The number of rotatable bonds is 7. The summed E-state index contributed by atoms with van der Waals surface area (Å²) in [6.45, 7) is 3.83. The molecule has 1 heterocycles. The Morgan fingerprint density at radius 2 is 1.83 bits per heavy atom. The largest absolute Gasteiger partial charge is 0.497 e. The molecule has 1 aliphatic rings. The average Bonchev–Trinajstić information content (AvgIpc) is 3.14. The molecule has 1 saturated heterocycles. The molecule has 0 unspecified atom stereocenters. The second-order valence-electron chi connectivity index (χ2n) is 7.06. The smallest absolute Gasteiger partial charge is 0.312 e. The van der Waals surface area contributed by atoms with E-state index in [2.05, 4.69) is 0 Å². The number of hydrogen-bond donors (Lipinski definition) is 0. The van der Waals surface area contributed by atoms with Crippen molar-refractivity contribution < 1.29 is 23.9 Å². The van der Waals surface area contributed by atoms with Gasteiger partial charge in [-0.15, -0.1) is 0 Å². The van der Waals surface area contributed by atoms with Crippen LogP contribution in [0.15, 0.2) is 48.5 Å². The highest BCUT2D eigenvalue weighted by molar-refractivity contribution is 6.02. The molecule has 0 radical (unpaired) electrons. The number of methoxy groups -OCH3 is 1. The van der Waals surface area contributed by atoms with Crippen molar-refractivity contribution >= 4 is 23.3 Å². The lowest BCUT2D eigenvalue weighted by atomic mass is 10.1. The van der Waals surface area contributed by atoms with Crippen molar-refractivity contribution in [3.63, 3.8) is 0 Å². The van der Waals surface area contributed by atoms with Crippen LogP contribution in [0.1, 0.15) is 36.2 Å². The fraction of sp³-hybridized carbons (Fsp3) is 0.348. The number of hydrogen-bond acceptors (Lipinski definition) is 5. The highest BCUT2D eigenvalue weighted by Gasteiger charge is 2.37. The molecule has 0 saturated carbocycles. The molecule has 3 rings (SSSR count). The Balaban J connectivity index is 1.64. The zero-order valence-corrected chi connectivity index (χ0v) is 16.9. The van der Waals surface area contributed by atoms with Gasteiger partial charge in [-0.3, -0.25) is 14.4 Å². The molecule has 0 aliphatic carbocycles. The third kappa shape index (κ3) is 4.47. The van der Waals surface area contributed by atoms with E-state index in [1.165, 1.54) is 0 Å². The maximum Gasteiger partial charge on any atom is 0.312 e. The minimum Gasteiger partial charge on any atom is -0.497 e. The van der Waals surface area contributed by atoms with Crippen molar-refractivity contribution in [3.05, 3.63) is 59.7 Å². The highest BCUT2D eigenvalue weighted by atomic mass is 16.5. The maximum atomic E-state index is 12.6. The average molecular weight is 395 g/mol. The Hall–Kier alpha value is -3.15. The van der Waals surface area contributed by atoms with Gasteiger partial charge in [0.2, 0.25) is 11.7 Å². The van der Waals surface area contributed by atoms with Crippen LogP contribution < -0.4 is 9.64 Å². The first-order chi connectivity index (χ1) is 13.9. The number of carbonyl (C=O) groups excluding carboxylic acids is 3. The van der Waals surface area contributed by atoms with Crippen LogP contribution in [0.4, 0.5) is 5.69 Å². The van der Waals surface area contributed by atoms with Crippen LogP contribution in [-0.4, -0.2) is 37.4 Å². The molecular formula is C23H25NO5. The molecule has 2 aromatic rings. The Labute approximate surface area is 170 Å². The van der Waals surface area contributed by atoms with E-state index in [-0.39, 0.29) is 24.7 Å². The van der Waals surface area contributed by atoms with E-state index in [0.29, 0.717) is 11.3 Å². The molecule has 6 nitrogen and oxygen atoms in total. The van der Waals surface area contributed by atoms with Gasteiger partial charge in [0.25, 0.3) is 0 Å². The number of benzene rings is 2. The standard InChI is InChI=1S/C23H25NO5/c1-4-16-7-5-6-8-20(16)24-14-18(13-21(24)25)23(27)29-15(2)22(26)17-9-11-19(28-3)12-10-17/h5-12,15,18H,4,13-14H2,1-3H3/t15-,18+/m1/s1. The summed E-state index contributed by atoms with van der Waals surface area (Å²) in [5.41, 5.74) is 2.32. The zero-order chi connectivity index (χ0) is 21.0. The van der Waals surface area contributed by atoms with Gasteiger partial charge in [-0.1, -0.05) is 25.1 Å². The van der Waals surface area contributed by atoms with Crippen LogP contribution in [-0.2, 0) is 20.7 Å². The number of anilines is 1. The molecule has 0 bridgehead atoms. The van der Waals surface area contributed by atoms with Crippen LogP contribution in [0.25, 0.3) is 0 Å². The predicted molar refractivity (Wildman–Crippen MR) is 109 cm³/mol. The number of ketones is 1. The number of para-hydroxylation sites is 1. The summed E-state index contributed by atoms with van der Waals surface area (Å²) in [4.78, 5) is 39.3. The molecule has 1 amide bonds. The maximum absolute atomic E-state index is 12.6. The highest BCUT2D eigenvalue weighted by Crippen LogP contribution is 2.29. The Morgan fingerprint density at radius 1 is 1.14 bits per heavy atom. The summed E-state index contributed by atoms with van der Waals surface area (Å²) < 4.78 is 10.5. The van der Waals surface area contributed by atoms with E-state index in [1.54, 1.807) is 43.2 Å². The van der Waals surface area contributed by atoms with Gasteiger partial charge in [0.05, 0.1) is 13.0 Å². The predicted octanol–water partition coefficient (Wildman–Crippen LogP) is 3.43. The summed E-state index contributed by atoms with van der Waals surface area (Å²) >= 11 is 0. The summed E-state index contributed by atoms with van der Waals surface area (Å²) in [7, 11) is 1.55. The first kappa shape index (κ1) is 20.6. The van der Waals surface area contributed by atoms with Gasteiger partial charge in [-0.2, -0.15) is 0 Å². The summed E-state index contributed by atoms with van der Waals surface area (Å²) in [6, 6.07) is 14.3. The van der Waals surface area contributed by atoms with Crippen LogP contribution >= 0.6 is 0 Å². The first-order valence-corrected chi connectivity index (χ1v) is 9.71. The number of nitrogens with zero attached hydrogens (tertiary/aromatic N) is 1. The second kappa shape index (κ2) is 8.90. The van der Waals surface area contributed by atoms with E-state index in [1.807, 2.05) is 31.2 Å². The Kier molecular flexibility index (Phi) is 6.32. The van der Waals surface area contributed by atoms with Gasteiger partial charge in [-0.05, 0) is 49.2 Å². The third-order valence-electron chi connectivity index (χ3n) is 5.16. The first-order valence-electron chi connectivity index (χ1n) is 9.71. The van der Waals surface area contributed by atoms with Crippen LogP contribution in [0.3, 0.4) is 0 Å². The van der Waals surface area contributed by atoms with Crippen molar-refractivity contribution in [1.82, 2.24) is 0 Å². The SMILES string of the molecule is CCc1ccccc1N1C[C@@H](C(=O)O[C@H](C)C(=O)c2ccc(OC)cc2)CC1=O. The summed E-state index contributed by atoms with van der Waals surface area (Å²) in [5, 5.41) is 0. The Morgan fingerprint density at radius 3 is 2.48 bits per heavy atom. The summed E-state index contributed by atoms with van der Waals surface area (Å²) in [6.07, 6.45) is -0.0500. The van der Waals surface area contributed by atoms with Crippen molar-refractivity contribution in [2.24, 2.45) is 5.92 Å². The number of ether oxygens (including phenoxy) is 2. The summed E-state index contributed by atoms with van der Waals surface area (Å²) in [5.74, 6) is -0.869. The second-order valence-corrected chi connectivity index (χ2v) is 7.06. The van der Waals surface area contributed by atoms with Gasteiger partial charge in [0, 0.05) is 24.2 Å². The molecular weight excluding hydrogens is 370 g/mol. The normalized spacial score (nSPS) is 17.1. The molecule has 29 heavy (non-hydrogen) atoms. The van der Waals surface area contributed by atoms with Crippen molar-refractivity contribution in [3.8, 4) is 5.75 Å². The van der Waals surface area contributed by atoms with E-state index in [4.69, 9.17) is 9.47 Å². The third-order valence-corrected chi connectivity index (χ3v) is 5.16. The lowest BCUT2D eigenvalue weighted by molar-refractivity contribution is -0.151. The molecule has 0 spiro atoms. The Bertz CT molecular complexity index is 906. The molecule has 1 aliphatic heterocycles. The van der Waals surface area contributed by atoms with Crippen molar-refractivity contribution in [1.29, 1.82) is 0 Å². The number of Topliss-reactive ketones (excluding diaryl/α,β-unsaturated/α-hetero) is 1.